The summed E-state index contributed by atoms with van der Waals surface area (Å²) in [6.45, 7) is 2.15. The third-order valence-electron chi connectivity index (χ3n) is 7.85. The molecule has 0 unspecified atom stereocenters. The van der Waals surface area contributed by atoms with Gasteiger partial charge in [0.2, 0.25) is 10.0 Å². The lowest BCUT2D eigenvalue weighted by Gasteiger charge is -2.36. The van der Waals surface area contributed by atoms with Crippen LogP contribution in [0, 0.1) is 11.3 Å². The highest BCUT2D eigenvalue weighted by atomic mass is 32.2. The standard InChI is InChI=1S/C22H33F3N4O3S/c1-27(12-13-32-2)18-6-10-29(11-7-18)33(30,31)20-14-26-9-5-19(20)28-15-17-4-3-8-21(17,16-28)22(23,24)25/h5,9,14,17-18H,3-4,6-8,10-13,15-16H2,1-2H3/t17-,21-/m0/s1. The number of alkyl halides is 3. The van der Waals surface area contributed by atoms with Gasteiger partial charge in [-0.15, -0.1) is 0 Å². The quantitative estimate of drug-likeness (QED) is 0.586. The zero-order valence-corrected chi connectivity index (χ0v) is 20.0. The van der Waals surface area contributed by atoms with E-state index in [1.54, 1.807) is 18.1 Å². The Kier molecular flexibility index (Phi) is 6.97. The summed E-state index contributed by atoms with van der Waals surface area (Å²) in [6.07, 6.45) is 1.02. The summed E-state index contributed by atoms with van der Waals surface area (Å²) in [4.78, 5) is 7.83. The van der Waals surface area contributed by atoms with Gasteiger partial charge in [-0.3, -0.25) is 4.98 Å². The monoisotopic (exact) mass is 490 g/mol. The molecule has 3 aliphatic rings. The fourth-order valence-corrected chi connectivity index (χ4v) is 7.47. The number of fused-ring (bicyclic) bond motifs is 1. The summed E-state index contributed by atoms with van der Waals surface area (Å²) in [5.74, 6) is -0.500. The Hall–Kier alpha value is -1.43. The third-order valence-corrected chi connectivity index (χ3v) is 9.77. The van der Waals surface area contributed by atoms with Crippen LogP contribution in [0.3, 0.4) is 0 Å². The first-order valence-corrected chi connectivity index (χ1v) is 13.0. The van der Waals surface area contributed by atoms with Gasteiger partial charge in [-0.05, 0) is 44.7 Å². The molecule has 0 bridgehead atoms. The number of pyridine rings is 1. The third kappa shape index (κ3) is 4.49. The van der Waals surface area contributed by atoms with Gasteiger partial charge in [0.1, 0.15) is 4.90 Å². The zero-order valence-electron chi connectivity index (χ0n) is 19.2. The van der Waals surface area contributed by atoms with Gasteiger partial charge in [0.15, 0.2) is 0 Å². The molecule has 33 heavy (non-hydrogen) atoms. The summed E-state index contributed by atoms with van der Waals surface area (Å²) < 4.78 is 75.7. The van der Waals surface area contributed by atoms with Crippen molar-refractivity contribution in [2.45, 2.75) is 49.2 Å². The predicted molar refractivity (Wildman–Crippen MR) is 119 cm³/mol. The summed E-state index contributed by atoms with van der Waals surface area (Å²) in [6, 6.07) is 1.81. The largest absolute Gasteiger partial charge is 0.396 e. The maximum absolute atomic E-state index is 14.0. The molecule has 2 atom stereocenters. The van der Waals surface area contributed by atoms with Crippen LogP contribution < -0.4 is 4.90 Å². The second kappa shape index (κ2) is 9.31. The molecule has 11 heteroatoms. The van der Waals surface area contributed by atoms with Crippen LogP contribution in [-0.4, -0.2) is 88.3 Å². The zero-order chi connectivity index (χ0) is 23.9. The van der Waals surface area contributed by atoms with Gasteiger partial charge >= 0.3 is 6.18 Å². The smallest absolute Gasteiger partial charge is 0.383 e. The Labute approximate surface area is 193 Å². The summed E-state index contributed by atoms with van der Waals surface area (Å²) >= 11 is 0. The molecule has 1 aliphatic carbocycles. The van der Waals surface area contributed by atoms with E-state index in [1.165, 1.54) is 16.7 Å². The Morgan fingerprint density at radius 2 is 2.00 bits per heavy atom. The minimum Gasteiger partial charge on any atom is -0.383 e. The van der Waals surface area contributed by atoms with E-state index in [4.69, 9.17) is 4.74 Å². The van der Waals surface area contributed by atoms with Crippen molar-refractivity contribution in [3.8, 4) is 0 Å². The van der Waals surface area contributed by atoms with Gasteiger partial charge in [-0.1, -0.05) is 6.42 Å². The second-order valence-corrected chi connectivity index (χ2v) is 11.5. The Morgan fingerprint density at radius 1 is 1.27 bits per heavy atom. The summed E-state index contributed by atoms with van der Waals surface area (Å²) in [5, 5.41) is 0. The lowest BCUT2D eigenvalue weighted by molar-refractivity contribution is -0.224. The molecule has 4 rings (SSSR count). The second-order valence-electron chi connectivity index (χ2n) is 9.58. The molecule has 2 aliphatic heterocycles. The molecule has 1 saturated carbocycles. The number of methoxy groups -OCH3 is 1. The molecule has 0 aromatic carbocycles. The number of anilines is 1. The van der Waals surface area contributed by atoms with Crippen molar-refractivity contribution < 1.29 is 26.3 Å². The number of rotatable bonds is 7. The van der Waals surface area contributed by atoms with E-state index in [0.717, 1.165) is 6.54 Å². The van der Waals surface area contributed by atoms with Crippen LogP contribution in [0.2, 0.25) is 0 Å². The molecule has 0 N–H and O–H groups in total. The topological polar surface area (TPSA) is 66.0 Å². The molecule has 7 nitrogen and oxygen atoms in total. The van der Waals surface area contributed by atoms with Crippen molar-refractivity contribution in [3.05, 3.63) is 18.5 Å². The first-order chi connectivity index (χ1) is 15.6. The summed E-state index contributed by atoms with van der Waals surface area (Å²) in [5.41, 5.74) is -1.41. The maximum atomic E-state index is 14.0. The number of aromatic nitrogens is 1. The molecule has 0 amide bonds. The van der Waals surface area contributed by atoms with Gasteiger partial charge < -0.3 is 14.5 Å². The highest BCUT2D eigenvalue weighted by Gasteiger charge is 2.64. The van der Waals surface area contributed by atoms with Crippen LogP contribution in [-0.2, 0) is 14.8 Å². The normalized spacial score (nSPS) is 27.5. The average Bonchev–Trinajstić information content (AvgIpc) is 3.36. The number of halogens is 3. The van der Waals surface area contributed by atoms with Crippen molar-refractivity contribution in [2.75, 3.05) is 58.4 Å². The molecule has 0 spiro atoms. The number of sulfonamides is 1. The Bertz CT molecular complexity index is 937. The van der Waals surface area contributed by atoms with Crippen molar-refractivity contribution in [2.24, 2.45) is 11.3 Å². The molecule has 2 saturated heterocycles. The predicted octanol–water partition coefficient (Wildman–Crippen LogP) is 2.98. The Morgan fingerprint density at radius 3 is 2.64 bits per heavy atom. The summed E-state index contributed by atoms with van der Waals surface area (Å²) in [7, 11) is -0.211. The number of likely N-dealkylation sites (N-methyl/N-ethyl adjacent to an activating group) is 1. The lowest BCUT2D eigenvalue weighted by Crippen LogP contribution is -2.46. The molecular formula is C22H33F3N4O3S. The highest BCUT2D eigenvalue weighted by molar-refractivity contribution is 7.89. The molecule has 3 heterocycles. The van der Waals surface area contributed by atoms with Crippen LogP contribution >= 0.6 is 0 Å². The maximum Gasteiger partial charge on any atom is 0.396 e. The van der Waals surface area contributed by atoms with E-state index in [2.05, 4.69) is 9.88 Å². The molecule has 186 valence electrons. The lowest BCUT2D eigenvalue weighted by atomic mass is 9.80. The first-order valence-electron chi connectivity index (χ1n) is 11.5. The van der Waals surface area contributed by atoms with E-state index in [0.29, 0.717) is 51.1 Å². The minimum absolute atomic E-state index is 0.00786. The van der Waals surface area contributed by atoms with E-state index < -0.39 is 27.5 Å². The highest BCUT2D eigenvalue weighted by Crippen LogP contribution is 2.58. The van der Waals surface area contributed by atoms with Gasteiger partial charge in [-0.2, -0.15) is 17.5 Å². The molecule has 3 fully saturated rings. The number of nitrogens with zero attached hydrogens (tertiary/aromatic N) is 4. The number of piperidine rings is 1. The minimum atomic E-state index is -4.30. The number of hydrogen-bond donors (Lipinski definition) is 0. The molecule has 1 aromatic heterocycles. The first kappa shape index (κ1) is 24.7. The van der Waals surface area contributed by atoms with Crippen LogP contribution in [0.1, 0.15) is 32.1 Å². The fraction of sp³-hybridized carbons (Fsp3) is 0.773. The molecular weight excluding hydrogens is 457 g/mol. The van der Waals surface area contributed by atoms with Crippen LogP contribution in [0.5, 0.6) is 0 Å². The van der Waals surface area contributed by atoms with Gasteiger partial charge in [-0.25, -0.2) is 8.42 Å². The number of ether oxygens (including phenoxy) is 1. The van der Waals surface area contributed by atoms with Crippen molar-refractivity contribution in [1.82, 2.24) is 14.2 Å². The molecule has 0 radical (unpaired) electrons. The van der Waals surface area contributed by atoms with Crippen LogP contribution in [0.15, 0.2) is 23.4 Å². The van der Waals surface area contributed by atoms with Gasteiger partial charge in [0.25, 0.3) is 0 Å². The van der Waals surface area contributed by atoms with E-state index in [9.17, 15) is 21.6 Å². The number of hydrogen-bond acceptors (Lipinski definition) is 6. The van der Waals surface area contributed by atoms with E-state index in [-0.39, 0.29) is 30.4 Å². The van der Waals surface area contributed by atoms with Gasteiger partial charge in [0.05, 0.1) is 17.7 Å². The van der Waals surface area contributed by atoms with E-state index in [1.807, 2.05) is 7.05 Å². The van der Waals surface area contributed by atoms with Gasteiger partial charge in [0, 0.05) is 58.3 Å². The van der Waals surface area contributed by atoms with Crippen molar-refractivity contribution in [1.29, 1.82) is 0 Å². The van der Waals surface area contributed by atoms with Crippen LogP contribution in [0.4, 0.5) is 18.9 Å². The van der Waals surface area contributed by atoms with Crippen LogP contribution in [0.25, 0.3) is 0 Å². The van der Waals surface area contributed by atoms with Crippen molar-refractivity contribution >= 4 is 15.7 Å². The average molecular weight is 491 g/mol. The fourth-order valence-electron chi connectivity index (χ4n) is 5.85. The van der Waals surface area contributed by atoms with E-state index >= 15 is 0 Å². The Balaban J connectivity index is 1.52. The molecule has 1 aromatic rings. The van der Waals surface area contributed by atoms with Crippen molar-refractivity contribution in [3.63, 3.8) is 0 Å². The SMILES string of the molecule is COCCN(C)C1CCN(S(=O)(=O)c2cnccc2N2C[C@@H]3CCC[C@]3(C(F)(F)F)C2)CC1.